The van der Waals surface area contributed by atoms with Crippen molar-refractivity contribution >= 4 is 11.8 Å². The highest BCUT2D eigenvalue weighted by Gasteiger charge is 2.23. The number of benzene rings is 1. The molecule has 1 aromatic rings. The minimum Gasteiger partial charge on any atom is -0.394 e. The van der Waals surface area contributed by atoms with Crippen LogP contribution in [0, 0.1) is 0 Å². The second-order valence-corrected chi connectivity index (χ2v) is 5.81. The molecule has 3 N–H and O–H groups in total. The van der Waals surface area contributed by atoms with Crippen molar-refractivity contribution in [2.45, 2.75) is 50.6 Å². The summed E-state index contributed by atoms with van der Waals surface area (Å²) in [6, 6.07) is 8.62. The molecule has 1 atom stereocenters. The maximum Gasteiger partial charge on any atom is 0.245 e. The molecule has 120 valence electrons. The molecule has 0 radical (unpaired) electrons. The molecule has 1 unspecified atom stereocenters. The molecule has 0 bridgehead atoms. The van der Waals surface area contributed by atoms with E-state index in [4.69, 9.17) is 0 Å². The van der Waals surface area contributed by atoms with E-state index in [0.29, 0.717) is 0 Å². The van der Waals surface area contributed by atoms with Gasteiger partial charge in [0.1, 0.15) is 6.04 Å². The second-order valence-electron chi connectivity index (χ2n) is 5.81. The predicted octanol–water partition coefficient (Wildman–Crippen LogP) is 1.16. The Morgan fingerprint density at radius 1 is 1.14 bits per heavy atom. The average Bonchev–Trinajstić information content (AvgIpc) is 2.54. The number of rotatable bonds is 6. The zero-order valence-corrected chi connectivity index (χ0v) is 12.8. The maximum absolute atomic E-state index is 12.1. The molecular formula is C17H24N2O3. The Labute approximate surface area is 131 Å². The van der Waals surface area contributed by atoms with E-state index in [9.17, 15) is 14.7 Å². The first-order valence-electron chi connectivity index (χ1n) is 7.93. The SMILES string of the molecule is O=C(Cc1ccccc1)NC(CO)C(=O)NC1CCCCC1. The highest BCUT2D eigenvalue weighted by Crippen LogP contribution is 2.17. The van der Waals surface area contributed by atoms with Crippen LogP contribution in [0.25, 0.3) is 0 Å². The Bertz CT molecular complexity index is 484. The summed E-state index contributed by atoms with van der Waals surface area (Å²) < 4.78 is 0. The van der Waals surface area contributed by atoms with Crippen LogP contribution in [0.15, 0.2) is 30.3 Å². The van der Waals surface area contributed by atoms with Crippen LogP contribution in [-0.4, -0.2) is 35.6 Å². The summed E-state index contributed by atoms with van der Waals surface area (Å²) in [7, 11) is 0. The van der Waals surface area contributed by atoms with Crippen LogP contribution in [0.3, 0.4) is 0 Å². The minimum atomic E-state index is -0.877. The van der Waals surface area contributed by atoms with Crippen molar-refractivity contribution in [1.82, 2.24) is 10.6 Å². The number of carbonyl (C=O) groups excluding carboxylic acids is 2. The number of hydrogen-bond acceptors (Lipinski definition) is 3. The number of aliphatic hydroxyl groups excluding tert-OH is 1. The van der Waals surface area contributed by atoms with Gasteiger partial charge >= 0.3 is 0 Å². The van der Waals surface area contributed by atoms with E-state index in [-0.39, 0.29) is 30.9 Å². The van der Waals surface area contributed by atoms with Gasteiger partial charge in [-0.05, 0) is 18.4 Å². The number of hydrogen-bond donors (Lipinski definition) is 3. The van der Waals surface area contributed by atoms with Gasteiger partial charge in [-0.2, -0.15) is 0 Å². The van der Waals surface area contributed by atoms with Crippen molar-refractivity contribution in [2.75, 3.05) is 6.61 Å². The fourth-order valence-electron chi connectivity index (χ4n) is 2.77. The molecule has 5 nitrogen and oxygen atoms in total. The molecule has 0 saturated heterocycles. The molecule has 22 heavy (non-hydrogen) atoms. The van der Waals surface area contributed by atoms with Gasteiger partial charge in [-0.3, -0.25) is 9.59 Å². The fourth-order valence-corrected chi connectivity index (χ4v) is 2.77. The number of nitrogens with one attached hydrogen (secondary N) is 2. The number of aliphatic hydroxyl groups is 1. The van der Waals surface area contributed by atoms with Crippen LogP contribution < -0.4 is 10.6 Å². The third kappa shape index (κ3) is 5.15. The molecule has 1 aliphatic carbocycles. The first-order valence-corrected chi connectivity index (χ1v) is 7.93. The highest BCUT2D eigenvalue weighted by atomic mass is 16.3. The van der Waals surface area contributed by atoms with Gasteiger partial charge in [-0.15, -0.1) is 0 Å². The van der Waals surface area contributed by atoms with E-state index < -0.39 is 6.04 Å². The Morgan fingerprint density at radius 3 is 2.45 bits per heavy atom. The number of amides is 2. The third-order valence-electron chi connectivity index (χ3n) is 3.99. The van der Waals surface area contributed by atoms with Crippen LogP contribution in [0.4, 0.5) is 0 Å². The Morgan fingerprint density at radius 2 is 1.82 bits per heavy atom. The molecule has 0 heterocycles. The van der Waals surface area contributed by atoms with E-state index in [0.717, 1.165) is 31.2 Å². The summed E-state index contributed by atoms with van der Waals surface area (Å²) in [5, 5.41) is 14.9. The normalized spacial score (nSPS) is 16.8. The molecule has 2 rings (SSSR count). The number of carbonyl (C=O) groups is 2. The van der Waals surface area contributed by atoms with Crippen LogP contribution in [-0.2, 0) is 16.0 Å². The smallest absolute Gasteiger partial charge is 0.245 e. The van der Waals surface area contributed by atoms with Crippen LogP contribution in [0.1, 0.15) is 37.7 Å². The summed E-state index contributed by atoms with van der Waals surface area (Å²) >= 11 is 0. The molecule has 1 fully saturated rings. The van der Waals surface area contributed by atoms with Crippen molar-refractivity contribution in [2.24, 2.45) is 0 Å². The summed E-state index contributed by atoms with van der Waals surface area (Å²) in [6.45, 7) is -0.390. The van der Waals surface area contributed by atoms with Crippen molar-refractivity contribution < 1.29 is 14.7 Å². The van der Waals surface area contributed by atoms with Crippen LogP contribution in [0.5, 0.6) is 0 Å². The van der Waals surface area contributed by atoms with Gasteiger partial charge in [-0.25, -0.2) is 0 Å². The lowest BCUT2D eigenvalue weighted by atomic mass is 9.95. The standard InChI is InChI=1S/C17H24N2O3/c20-12-15(17(22)18-14-9-5-2-6-10-14)19-16(21)11-13-7-3-1-4-8-13/h1,3-4,7-8,14-15,20H,2,5-6,9-12H2,(H,18,22)(H,19,21). The fraction of sp³-hybridized carbons (Fsp3) is 0.529. The van der Waals surface area contributed by atoms with Crippen molar-refractivity contribution in [3.63, 3.8) is 0 Å². The van der Waals surface area contributed by atoms with Crippen molar-refractivity contribution in [3.8, 4) is 0 Å². The first kappa shape index (κ1) is 16.5. The van der Waals surface area contributed by atoms with Gasteiger partial charge in [0, 0.05) is 6.04 Å². The van der Waals surface area contributed by atoms with Crippen LogP contribution >= 0.6 is 0 Å². The summed E-state index contributed by atoms with van der Waals surface area (Å²) in [4.78, 5) is 24.1. The second kappa shape index (κ2) is 8.54. The van der Waals surface area contributed by atoms with Crippen molar-refractivity contribution in [3.05, 3.63) is 35.9 Å². The maximum atomic E-state index is 12.1. The monoisotopic (exact) mass is 304 g/mol. The lowest BCUT2D eigenvalue weighted by Gasteiger charge is -2.25. The van der Waals surface area contributed by atoms with E-state index in [2.05, 4.69) is 10.6 Å². The van der Waals surface area contributed by atoms with E-state index in [1.54, 1.807) is 0 Å². The van der Waals surface area contributed by atoms with Gasteiger partial charge in [0.25, 0.3) is 0 Å². The van der Waals surface area contributed by atoms with Gasteiger partial charge in [0.2, 0.25) is 11.8 Å². The van der Waals surface area contributed by atoms with E-state index in [1.807, 2.05) is 30.3 Å². The molecule has 1 aliphatic rings. The Kier molecular flexibility index (Phi) is 6.40. The summed E-state index contributed by atoms with van der Waals surface area (Å²) in [5.74, 6) is -0.556. The first-order chi connectivity index (χ1) is 10.7. The molecule has 5 heteroatoms. The molecule has 0 spiro atoms. The Balaban J connectivity index is 1.82. The third-order valence-corrected chi connectivity index (χ3v) is 3.99. The molecular weight excluding hydrogens is 280 g/mol. The zero-order valence-electron chi connectivity index (χ0n) is 12.8. The lowest BCUT2D eigenvalue weighted by Crippen LogP contribution is -2.52. The summed E-state index contributed by atoms with van der Waals surface area (Å²) in [6.07, 6.45) is 5.60. The molecule has 1 saturated carbocycles. The van der Waals surface area contributed by atoms with Crippen LogP contribution in [0.2, 0.25) is 0 Å². The van der Waals surface area contributed by atoms with Crippen molar-refractivity contribution in [1.29, 1.82) is 0 Å². The van der Waals surface area contributed by atoms with Gasteiger partial charge < -0.3 is 15.7 Å². The predicted molar refractivity (Wildman–Crippen MR) is 84.2 cm³/mol. The lowest BCUT2D eigenvalue weighted by molar-refractivity contribution is -0.130. The highest BCUT2D eigenvalue weighted by molar-refractivity contribution is 5.88. The van der Waals surface area contributed by atoms with E-state index in [1.165, 1.54) is 6.42 Å². The molecule has 0 aliphatic heterocycles. The van der Waals surface area contributed by atoms with Gasteiger partial charge in [0.05, 0.1) is 13.0 Å². The van der Waals surface area contributed by atoms with E-state index >= 15 is 0 Å². The molecule has 0 aromatic heterocycles. The zero-order chi connectivity index (χ0) is 15.8. The molecule has 2 amide bonds. The van der Waals surface area contributed by atoms with Gasteiger partial charge in [-0.1, -0.05) is 49.6 Å². The minimum absolute atomic E-state index is 0.168. The quantitative estimate of drug-likeness (QED) is 0.738. The summed E-state index contributed by atoms with van der Waals surface area (Å²) in [5.41, 5.74) is 0.879. The Hall–Kier alpha value is -1.88. The topological polar surface area (TPSA) is 78.4 Å². The van der Waals surface area contributed by atoms with Gasteiger partial charge in [0.15, 0.2) is 0 Å². The average molecular weight is 304 g/mol. The largest absolute Gasteiger partial charge is 0.394 e. The molecule has 1 aromatic carbocycles.